The Hall–Kier alpha value is -0.930. The van der Waals surface area contributed by atoms with E-state index in [0.29, 0.717) is 16.5 Å². The molecule has 3 nitrogen and oxygen atoms in total. The van der Waals surface area contributed by atoms with E-state index in [1.807, 2.05) is 13.8 Å². The minimum atomic E-state index is -0.532. The number of hydrogen-bond donors (Lipinski definition) is 1. The Bertz CT molecular complexity index is 371. The molecule has 0 saturated heterocycles. The largest absolute Gasteiger partial charge is 0.454 e. The molecule has 0 aliphatic carbocycles. The van der Waals surface area contributed by atoms with Gasteiger partial charge in [0.05, 0.1) is 0 Å². The number of rotatable bonds is 1. The highest BCUT2D eigenvalue weighted by Gasteiger charge is 2.28. The van der Waals surface area contributed by atoms with Crippen LogP contribution in [-0.4, -0.2) is 6.79 Å². The monoisotopic (exact) mass is 213 g/mol. The average Bonchev–Trinajstić information content (AvgIpc) is 2.48. The molecule has 0 bridgehead atoms. The summed E-state index contributed by atoms with van der Waals surface area (Å²) < 4.78 is 10.6. The van der Waals surface area contributed by atoms with Crippen LogP contribution >= 0.6 is 11.6 Å². The molecule has 2 rings (SSSR count). The Kier molecular flexibility index (Phi) is 2.09. The Balaban J connectivity index is 2.63. The second-order valence-electron chi connectivity index (χ2n) is 3.88. The third-order valence-electron chi connectivity index (χ3n) is 2.13. The van der Waals surface area contributed by atoms with Gasteiger partial charge in [-0.1, -0.05) is 11.6 Å². The number of benzene rings is 1. The zero-order valence-corrected chi connectivity index (χ0v) is 8.89. The molecular weight excluding hydrogens is 202 g/mol. The van der Waals surface area contributed by atoms with E-state index < -0.39 is 5.54 Å². The molecule has 1 aliphatic rings. The highest BCUT2D eigenvalue weighted by atomic mass is 35.5. The van der Waals surface area contributed by atoms with E-state index in [4.69, 9.17) is 26.8 Å². The van der Waals surface area contributed by atoms with Crippen molar-refractivity contribution in [1.29, 1.82) is 0 Å². The van der Waals surface area contributed by atoms with Crippen LogP contribution in [0.25, 0.3) is 0 Å². The van der Waals surface area contributed by atoms with E-state index in [9.17, 15) is 0 Å². The van der Waals surface area contributed by atoms with Gasteiger partial charge < -0.3 is 15.2 Å². The Morgan fingerprint density at radius 3 is 2.71 bits per heavy atom. The molecule has 0 atom stereocenters. The summed E-state index contributed by atoms with van der Waals surface area (Å²) in [7, 11) is 0. The topological polar surface area (TPSA) is 44.5 Å². The summed E-state index contributed by atoms with van der Waals surface area (Å²) in [6, 6.07) is 3.57. The lowest BCUT2D eigenvalue weighted by atomic mass is 9.94. The first-order valence-corrected chi connectivity index (χ1v) is 4.75. The molecule has 2 N–H and O–H groups in total. The molecule has 1 aromatic rings. The molecule has 0 radical (unpaired) electrons. The van der Waals surface area contributed by atoms with Crippen molar-refractivity contribution in [2.24, 2.45) is 5.73 Å². The highest BCUT2D eigenvalue weighted by molar-refractivity contribution is 6.31. The van der Waals surface area contributed by atoms with Gasteiger partial charge in [0.15, 0.2) is 11.5 Å². The van der Waals surface area contributed by atoms with Crippen molar-refractivity contribution in [2.75, 3.05) is 6.79 Å². The van der Waals surface area contributed by atoms with Crippen LogP contribution in [0.15, 0.2) is 12.1 Å². The number of nitrogens with two attached hydrogens (primary N) is 1. The maximum Gasteiger partial charge on any atom is 0.231 e. The highest BCUT2D eigenvalue weighted by Crippen LogP contribution is 2.43. The fourth-order valence-corrected chi connectivity index (χ4v) is 1.94. The molecular formula is C10H12ClNO2. The first-order valence-electron chi connectivity index (χ1n) is 4.37. The number of ether oxygens (including phenoxy) is 2. The standard InChI is InChI=1S/C10H12ClNO2/c1-10(2,12)8-6(11)3-4-7-9(8)14-5-13-7/h3-4H,5,12H2,1-2H3. The summed E-state index contributed by atoms with van der Waals surface area (Å²) in [6.07, 6.45) is 0. The molecule has 14 heavy (non-hydrogen) atoms. The van der Waals surface area contributed by atoms with Crippen molar-refractivity contribution in [2.45, 2.75) is 19.4 Å². The summed E-state index contributed by atoms with van der Waals surface area (Å²) in [5, 5.41) is 0.613. The van der Waals surface area contributed by atoms with Crippen LogP contribution in [0.2, 0.25) is 5.02 Å². The SMILES string of the molecule is CC(C)(N)c1c(Cl)ccc2c1OCO2. The molecule has 1 aliphatic heterocycles. The number of hydrogen-bond acceptors (Lipinski definition) is 3. The summed E-state index contributed by atoms with van der Waals surface area (Å²) in [5.41, 5.74) is 6.28. The predicted octanol–water partition coefficient (Wildman–Crippen LogP) is 2.26. The van der Waals surface area contributed by atoms with Crippen LogP contribution in [0.1, 0.15) is 19.4 Å². The lowest BCUT2D eigenvalue weighted by Gasteiger charge is -2.22. The Labute approximate surface area is 87.8 Å². The van der Waals surface area contributed by atoms with E-state index >= 15 is 0 Å². The minimum absolute atomic E-state index is 0.235. The van der Waals surface area contributed by atoms with E-state index in [1.54, 1.807) is 12.1 Å². The normalized spacial score (nSPS) is 14.6. The number of fused-ring (bicyclic) bond motifs is 1. The fraction of sp³-hybridized carbons (Fsp3) is 0.400. The summed E-state index contributed by atoms with van der Waals surface area (Å²) in [4.78, 5) is 0. The van der Waals surface area contributed by atoms with Crippen molar-refractivity contribution in [1.82, 2.24) is 0 Å². The molecule has 1 heterocycles. The van der Waals surface area contributed by atoms with E-state index in [0.717, 1.165) is 5.56 Å². The lowest BCUT2D eigenvalue weighted by Crippen LogP contribution is -2.29. The zero-order chi connectivity index (χ0) is 10.3. The van der Waals surface area contributed by atoms with Gasteiger partial charge in [-0.2, -0.15) is 0 Å². The van der Waals surface area contributed by atoms with Crippen molar-refractivity contribution in [3.05, 3.63) is 22.7 Å². The van der Waals surface area contributed by atoms with E-state index in [2.05, 4.69) is 0 Å². The van der Waals surface area contributed by atoms with Crippen LogP contribution in [0.5, 0.6) is 11.5 Å². The Morgan fingerprint density at radius 1 is 1.36 bits per heavy atom. The summed E-state index contributed by atoms with van der Waals surface area (Å²) in [6.45, 7) is 4.01. The van der Waals surface area contributed by atoms with Crippen LogP contribution in [-0.2, 0) is 5.54 Å². The molecule has 4 heteroatoms. The van der Waals surface area contributed by atoms with E-state index in [-0.39, 0.29) is 6.79 Å². The summed E-state index contributed by atoms with van der Waals surface area (Å²) >= 11 is 6.08. The first-order chi connectivity index (χ1) is 6.50. The summed E-state index contributed by atoms with van der Waals surface area (Å²) in [5.74, 6) is 1.38. The average molecular weight is 214 g/mol. The molecule has 0 amide bonds. The van der Waals surface area contributed by atoms with Crippen molar-refractivity contribution in [3.8, 4) is 11.5 Å². The first kappa shape index (κ1) is 9.62. The van der Waals surface area contributed by atoms with Gasteiger partial charge in [-0.3, -0.25) is 0 Å². The van der Waals surface area contributed by atoms with Crippen LogP contribution < -0.4 is 15.2 Å². The molecule has 1 aromatic carbocycles. The molecule has 0 spiro atoms. The van der Waals surface area contributed by atoms with Gasteiger partial charge in [-0.15, -0.1) is 0 Å². The second-order valence-corrected chi connectivity index (χ2v) is 4.29. The minimum Gasteiger partial charge on any atom is -0.454 e. The molecule has 0 unspecified atom stereocenters. The smallest absolute Gasteiger partial charge is 0.231 e. The van der Waals surface area contributed by atoms with Crippen LogP contribution in [0, 0.1) is 0 Å². The zero-order valence-electron chi connectivity index (χ0n) is 8.13. The maximum absolute atomic E-state index is 6.08. The van der Waals surface area contributed by atoms with Gasteiger partial charge in [0.25, 0.3) is 0 Å². The van der Waals surface area contributed by atoms with Gasteiger partial charge in [-0.25, -0.2) is 0 Å². The van der Waals surface area contributed by atoms with Crippen molar-refractivity contribution in [3.63, 3.8) is 0 Å². The third kappa shape index (κ3) is 1.42. The lowest BCUT2D eigenvalue weighted by molar-refractivity contribution is 0.172. The van der Waals surface area contributed by atoms with Gasteiger partial charge in [0.1, 0.15) is 0 Å². The third-order valence-corrected chi connectivity index (χ3v) is 2.45. The van der Waals surface area contributed by atoms with Gasteiger partial charge >= 0.3 is 0 Å². The van der Waals surface area contributed by atoms with Crippen LogP contribution in [0.3, 0.4) is 0 Å². The quantitative estimate of drug-likeness (QED) is 0.779. The molecule has 0 saturated carbocycles. The van der Waals surface area contributed by atoms with Gasteiger partial charge in [-0.05, 0) is 26.0 Å². The fourth-order valence-electron chi connectivity index (χ4n) is 1.55. The van der Waals surface area contributed by atoms with Gasteiger partial charge in [0, 0.05) is 16.1 Å². The van der Waals surface area contributed by atoms with E-state index in [1.165, 1.54) is 0 Å². The molecule has 0 aromatic heterocycles. The molecule has 0 fully saturated rings. The molecule has 76 valence electrons. The van der Waals surface area contributed by atoms with Crippen molar-refractivity contribution < 1.29 is 9.47 Å². The Morgan fingerprint density at radius 2 is 2.07 bits per heavy atom. The van der Waals surface area contributed by atoms with Crippen molar-refractivity contribution >= 4 is 11.6 Å². The predicted molar refractivity (Wildman–Crippen MR) is 54.8 cm³/mol. The second kappa shape index (κ2) is 3.04. The van der Waals surface area contributed by atoms with Crippen LogP contribution in [0.4, 0.5) is 0 Å². The maximum atomic E-state index is 6.08. The number of halogens is 1. The van der Waals surface area contributed by atoms with Gasteiger partial charge in [0.2, 0.25) is 6.79 Å².